The molecule has 4 heteroatoms. The molecule has 0 bridgehead atoms. The molecule has 0 radical (unpaired) electrons. The molecule has 0 saturated carbocycles. The molecule has 1 fully saturated rings. The largest absolute Gasteiger partial charge is 0.368 e. The van der Waals surface area contributed by atoms with E-state index in [4.69, 9.17) is 4.74 Å². The number of carbonyl (C=O) groups is 1. The number of aromatic nitrogens is 1. The third kappa shape index (κ3) is 3.05. The van der Waals surface area contributed by atoms with Crippen molar-refractivity contribution in [3.8, 4) is 0 Å². The zero-order valence-corrected chi connectivity index (χ0v) is 14.4. The molecule has 128 valence electrons. The SMILES string of the molecule is Cn1c(CN(C(=O)[C@@H]2CCCO2)c2ccccc2)cc2ccccc21. The van der Waals surface area contributed by atoms with E-state index in [0.29, 0.717) is 13.2 Å². The molecule has 25 heavy (non-hydrogen) atoms. The quantitative estimate of drug-likeness (QED) is 0.725. The van der Waals surface area contributed by atoms with Gasteiger partial charge in [-0.05, 0) is 42.5 Å². The van der Waals surface area contributed by atoms with Gasteiger partial charge in [0.25, 0.3) is 5.91 Å². The molecule has 4 rings (SSSR count). The Labute approximate surface area is 147 Å². The van der Waals surface area contributed by atoms with E-state index in [1.54, 1.807) is 0 Å². The highest BCUT2D eigenvalue weighted by atomic mass is 16.5. The lowest BCUT2D eigenvalue weighted by molar-refractivity contribution is -0.127. The first-order valence-electron chi connectivity index (χ1n) is 8.75. The summed E-state index contributed by atoms with van der Waals surface area (Å²) in [7, 11) is 2.05. The van der Waals surface area contributed by atoms with Crippen molar-refractivity contribution in [2.75, 3.05) is 11.5 Å². The highest BCUT2D eigenvalue weighted by Crippen LogP contribution is 2.25. The van der Waals surface area contributed by atoms with E-state index < -0.39 is 0 Å². The van der Waals surface area contributed by atoms with Crippen molar-refractivity contribution in [1.82, 2.24) is 4.57 Å². The molecule has 4 nitrogen and oxygen atoms in total. The smallest absolute Gasteiger partial charge is 0.256 e. The Hall–Kier alpha value is -2.59. The minimum absolute atomic E-state index is 0.0500. The summed E-state index contributed by atoms with van der Waals surface area (Å²) in [5, 5.41) is 1.19. The predicted octanol–water partition coefficient (Wildman–Crippen LogP) is 3.89. The van der Waals surface area contributed by atoms with Gasteiger partial charge in [-0.2, -0.15) is 0 Å². The van der Waals surface area contributed by atoms with Gasteiger partial charge in [0.2, 0.25) is 0 Å². The van der Waals surface area contributed by atoms with E-state index in [-0.39, 0.29) is 12.0 Å². The maximum atomic E-state index is 13.1. The molecule has 1 aliphatic heterocycles. The number of aryl methyl sites for hydroxylation is 1. The number of hydrogen-bond donors (Lipinski definition) is 0. The summed E-state index contributed by atoms with van der Waals surface area (Å²) >= 11 is 0. The fourth-order valence-corrected chi connectivity index (χ4v) is 3.51. The molecular weight excluding hydrogens is 312 g/mol. The second kappa shape index (κ2) is 6.73. The van der Waals surface area contributed by atoms with Crippen LogP contribution in [-0.2, 0) is 23.1 Å². The highest BCUT2D eigenvalue weighted by Gasteiger charge is 2.29. The number of amides is 1. The Kier molecular flexibility index (Phi) is 4.28. The van der Waals surface area contributed by atoms with E-state index in [0.717, 1.165) is 24.2 Å². The lowest BCUT2D eigenvalue weighted by atomic mass is 10.2. The van der Waals surface area contributed by atoms with Gasteiger partial charge in [0.05, 0.1) is 6.54 Å². The Morgan fingerprint density at radius 3 is 2.64 bits per heavy atom. The van der Waals surface area contributed by atoms with Crippen LogP contribution in [0, 0.1) is 0 Å². The van der Waals surface area contributed by atoms with Crippen LogP contribution in [0.15, 0.2) is 60.7 Å². The van der Waals surface area contributed by atoms with E-state index in [1.165, 1.54) is 10.9 Å². The van der Waals surface area contributed by atoms with Crippen molar-refractivity contribution >= 4 is 22.5 Å². The maximum absolute atomic E-state index is 13.1. The zero-order valence-electron chi connectivity index (χ0n) is 14.4. The highest BCUT2D eigenvalue weighted by molar-refractivity contribution is 5.96. The van der Waals surface area contributed by atoms with Gasteiger partial charge in [-0.1, -0.05) is 36.4 Å². The maximum Gasteiger partial charge on any atom is 0.256 e. The van der Waals surface area contributed by atoms with Crippen molar-refractivity contribution in [3.05, 3.63) is 66.4 Å². The first-order chi connectivity index (χ1) is 12.2. The molecule has 1 aromatic heterocycles. The van der Waals surface area contributed by atoms with E-state index >= 15 is 0 Å². The van der Waals surface area contributed by atoms with Crippen LogP contribution in [0.4, 0.5) is 5.69 Å². The molecule has 0 unspecified atom stereocenters. The first-order valence-corrected chi connectivity index (χ1v) is 8.75. The van der Waals surface area contributed by atoms with Gasteiger partial charge >= 0.3 is 0 Å². The van der Waals surface area contributed by atoms with Crippen molar-refractivity contribution in [1.29, 1.82) is 0 Å². The number of rotatable bonds is 4. The lowest BCUT2D eigenvalue weighted by Crippen LogP contribution is -2.39. The molecule has 0 spiro atoms. The molecule has 3 aromatic rings. The Morgan fingerprint density at radius 1 is 1.16 bits per heavy atom. The van der Waals surface area contributed by atoms with E-state index in [2.05, 4.69) is 29.8 Å². The fourth-order valence-electron chi connectivity index (χ4n) is 3.51. The second-order valence-corrected chi connectivity index (χ2v) is 6.52. The number of benzene rings is 2. The van der Waals surface area contributed by atoms with Crippen molar-refractivity contribution in [3.63, 3.8) is 0 Å². The van der Waals surface area contributed by atoms with Crippen LogP contribution in [-0.4, -0.2) is 23.2 Å². The predicted molar refractivity (Wildman–Crippen MR) is 99.5 cm³/mol. The normalized spacial score (nSPS) is 17.1. The topological polar surface area (TPSA) is 34.5 Å². The summed E-state index contributed by atoms with van der Waals surface area (Å²) in [6.45, 7) is 1.21. The first kappa shape index (κ1) is 15.9. The summed E-state index contributed by atoms with van der Waals surface area (Å²) in [5.41, 5.74) is 3.19. The van der Waals surface area contributed by atoms with Crippen LogP contribution in [0.25, 0.3) is 10.9 Å². The molecule has 2 aromatic carbocycles. The molecule has 1 aliphatic rings. The number of fused-ring (bicyclic) bond motifs is 1. The Morgan fingerprint density at radius 2 is 1.92 bits per heavy atom. The van der Waals surface area contributed by atoms with Gasteiger partial charge in [0, 0.05) is 30.6 Å². The van der Waals surface area contributed by atoms with Crippen LogP contribution in [0.3, 0.4) is 0 Å². The minimum Gasteiger partial charge on any atom is -0.368 e. The second-order valence-electron chi connectivity index (χ2n) is 6.52. The third-order valence-electron chi connectivity index (χ3n) is 4.91. The monoisotopic (exact) mass is 334 g/mol. The summed E-state index contributed by atoms with van der Waals surface area (Å²) < 4.78 is 7.81. The number of ether oxygens (including phenoxy) is 1. The number of hydrogen-bond acceptors (Lipinski definition) is 2. The molecule has 0 N–H and O–H groups in total. The number of anilines is 1. The van der Waals surface area contributed by atoms with E-state index in [9.17, 15) is 4.79 Å². The third-order valence-corrected chi connectivity index (χ3v) is 4.91. The molecule has 1 amide bonds. The van der Waals surface area contributed by atoms with Crippen molar-refractivity contribution in [2.24, 2.45) is 7.05 Å². The molecule has 1 atom stereocenters. The van der Waals surface area contributed by atoms with Crippen LogP contribution in [0.5, 0.6) is 0 Å². The van der Waals surface area contributed by atoms with Crippen molar-refractivity contribution in [2.45, 2.75) is 25.5 Å². The number of nitrogens with zero attached hydrogens (tertiary/aromatic N) is 2. The Bertz CT molecular complexity index is 879. The van der Waals surface area contributed by atoms with Gasteiger partial charge < -0.3 is 14.2 Å². The molecule has 2 heterocycles. The van der Waals surface area contributed by atoms with Crippen LogP contribution >= 0.6 is 0 Å². The van der Waals surface area contributed by atoms with Crippen LogP contribution in [0.2, 0.25) is 0 Å². The average Bonchev–Trinajstić information content (AvgIpc) is 3.29. The molecule has 0 aliphatic carbocycles. The summed E-state index contributed by atoms with van der Waals surface area (Å²) in [5.74, 6) is 0.0500. The lowest BCUT2D eigenvalue weighted by Gasteiger charge is -2.25. The van der Waals surface area contributed by atoms with Crippen LogP contribution in [0.1, 0.15) is 18.5 Å². The standard InChI is InChI=1S/C21H22N2O2/c1-22-18(14-16-8-5-6-11-19(16)22)15-23(17-9-3-2-4-10-17)21(24)20-12-7-13-25-20/h2-6,8-11,14,20H,7,12-13,15H2,1H3/t20-/m0/s1. The fraction of sp³-hybridized carbons (Fsp3) is 0.286. The number of carbonyl (C=O) groups excluding carboxylic acids is 1. The van der Waals surface area contributed by atoms with Crippen LogP contribution < -0.4 is 4.90 Å². The number of para-hydroxylation sites is 2. The van der Waals surface area contributed by atoms with Gasteiger partial charge in [0.1, 0.15) is 6.10 Å². The summed E-state index contributed by atoms with van der Waals surface area (Å²) in [6.07, 6.45) is 1.43. The summed E-state index contributed by atoms with van der Waals surface area (Å²) in [6, 6.07) is 20.3. The summed E-state index contributed by atoms with van der Waals surface area (Å²) in [4.78, 5) is 14.9. The minimum atomic E-state index is -0.324. The zero-order chi connectivity index (χ0) is 17.2. The average molecular weight is 334 g/mol. The van der Waals surface area contributed by atoms with Gasteiger partial charge in [-0.25, -0.2) is 0 Å². The van der Waals surface area contributed by atoms with Gasteiger partial charge in [-0.15, -0.1) is 0 Å². The Balaban J connectivity index is 1.70. The van der Waals surface area contributed by atoms with Crippen molar-refractivity contribution < 1.29 is 9.53 Å². The van der Waals surface area contributed by atoms with Gasteiger partial charge in [0.15, 0.2) is 0 Å². The molecular formula is C21H22N2O2. The van der Waals surface area contributed by atoms with E-state index in [1.807, 2.05) is 47.4 Å². The van der Waals surface area contributed by atoms with Gasteiger partial charge in [-0.3, -0.25) is 4.79 Å². The molecule has 1 saturated heterocycles.